The third-order valence-corrected chi connectivity index (χ3v) is 3.12. The quantitative estimate of drug-likeness (QED) is 0.837. The number of rotatable bonds is 3. The van der Waals surface area contributed by atoms with Crippen molar-refractivity contribution in [2.75, 3.05) is 43.9 Å². The summed E-state index contributed by atoms with van der Waals surface area (Å²) in [4.78, 5) is 4.73. The van der Waals surface area contributed by atoms with Crippen molar-refractivity contribution in [2.45, 2.75) is 13.0 Å². The summed E-state index contributed by atoms with van der Waals surface area (Å²) in [5.74, 6) is 0. The molecule has 3 heteroatoms. The zero-order valence-corrected chi connectivity index (χ0v) is 10.4. The minimum Gasteiger partial charge on any atom is -0.381 e. The molecule has 1 aliphatic heterocycles. The van der Waals surface area contributed by atoms with Gasteiger partial charge in [-0.05, 0) is 33.2 Å². The van der Waals surface area contributed by atoms with Crippen molar-refractivity contribution in [3.8, 4) is 0 Å². The molecule has 16 heavy (non-hydrogen) atoms. The lowest BCUT2D eigenvalue weighted by Gasteiger charge is -2.38. The number of hydrogen-bond donors (Lipinski definition) is 1. The molecule has 0 fully saturated rings. The maximum absolute atomic E-state index is 3.47. The normalized spacial score (nSPS) is 19.5. The van der Waals surface area contributed by atoms with Crippen LogP contribution in [0.4, 0.5) is 11.4 Å². The summed E-state index contributed by atoms with van der Waals surface area (Å²) in [5.41, 5.74) is 2.60. The van der Waals surface area contributed by atoms with E-state index < -0.39 is 0 Å². The Bertz CT molecular complexity index is 349. The van der Waals surface area contributed by atoms with Crippen LogP contribution in [0.5, 0.6) is 0 Å². The average Bonchev–Trinajstić information content (AvgIpc) is 2.27. The highest BCUT2D eigenvalue weighted by Crippen LogP contribution is 2.30. The van der Waals surface area contributed by atoms with Crippen LogP contribution < -0.4 is 10.2 Å². The summed E-state index contributed by atoms with van der Waals surface area (Å²) in [5, 5.41) is 3.47. The molecule has 0 aromatic heterocycles. The molecule has 0 saturated carbocycles. The Balaban J connectivity index is 2.16. The molecule has 3 nitrogen and oxygen atoms in total. The summed E-state index contributed by atoms with van der Waals surface area (Å²) in [6.45, 7) is 5.49. The van der Waals surface area contributed by atoms with Crippen LogP contribution in [0.1, 0.15) is 6.92 Å². The third kappa shape index (κ3) is 2.30. The van der Waals surface area contributed by atoms with Crippen LogP contribution in [0.3, 0.4) is 0 Å². The van der Waals surface area contributed by atoms with E-state index in [1.807, 2.05) is 0 Å². The van der Waals surface area contributed by atoms with Gasteiger partial charge in [-0.25, -0.2) is 0 Å². The van der Waals surface area contributed by atoms with Gasteiger partial charge >= 0.3 is 0 Å². The maximum Gasteiger partial charge on any atom is 0.0605 e. The predicted molar refractivity (Wildman–Crippen MR) is 70.3 cm³/mol. The van der Waals surface area contributed by atoms with Crippen LogP contribution in [0, 0.1) is 0 Å². The Morgan fingerprint density at radius 1 is 1.38 bits per heavy atom. The summed E-state index contributed by atoms with van der Waals surface area (Å²) in [6, 6.07) is 9.12. The molecular formula is C13H21N3. The van der Waals surface area contributed by atoms with E-state index in [1.165, 1.54) is 11.4 Å². The smallest absolute Gasteiger partial charge is 0.0605 e. The van der Waals surface area contributed by atoms with Gasteiger partial charge in [-0.2, -0.15) is 0 Å². The monoisotopic (exact) mass is 219 g/mol. The zero-order valence-electron chi connectivity index (χ0n) is 10.4. The third-order valence-electron chi connectivity index (χ3n) is 3.12. The molecule has 0 aliphatic carbocycles. The second-order valence-electron chi connectivity index (χ2n) is 4.74. The van der Waals surface area contributed by atoms with Crippen molar-refractivity contribution in [3.63, 3.8) is 0 Å². The number of nitrogens with zero attached hydrogens (tertiary/aromatic N) is 2. The van der Waals surface area contributed by atoms with Gasteiger partial charge in [0, 0.05) is 25.7 Å². The van der Waals surface area contributed by atoms with E-state index in [0.29, 0.717) is 6.04 Å². The molecule has 0 radical (unpaired) electrons. The number of fused-ring (bicyclic) bond motifs is 1. The fourth-order valence-electron chi connectivity index (χ4n) is 2.13. The summed E-state index contributed by atoms with van der Waals surface area (Å²) < 4.78 is 0. The van der Waals surface area contributed by atoms with E-state index in [9.17, 15) is 0 Å². The van der Waals surface area contributed by atoms with E-state index >= 15 is 0 Å². The van der Waals surface area contributed by atoms with Crippen LogP contribution in [0.2, 0.25) is 0 Å². The lowest BCUT2D eigenvalue weighted by molar-refractivity contribution is 0.406. The Morgan fingerprint density at radius 2 is 2.12 bits per heavy atom. The van der Waals surface area contributed by atoms with Crippen molar-refractivity contribution < 1.29 is 0 Å². The number of hydrogen-bond acceptors (Lipinski definition) is 3. The zero-order chi connectivity index (χ0) is 11.5. The van der Waals surface area contributed by atoms with Crippen LogP contribution >= 0.6 is 0 Å². The molecule has 1 N–H and O–H groups in total. The van der Waals surface area contributed by atoms with Crippen molar-refractivity contribution >= 4 is 11.4 Å². The summed E-state index contributed by atoms with van der Waals surface area (Å²) in [7, 11) is 4.25. The minimum atomic E-state index is 0.565. The molecule has 0 spiro atoms. The molecule has 1 aliphatic rings. The number of anilines is 2. The largest absolute Gasteiger partial charge is 0.381 e. The van der Waals surface area contributed by atoms with Gasteiger partial charge in [0.05, 0.1) is 11.4 Å². The highest BCUT2D eigenvalue weighted by molar-refractivity contribution is 5.72. The van der Waals surface area contributed by atoms with Gasteiger partial charge in [0.15, 0.2) is 0 Å². The van der Waals surface area contributed by atoms with Crippen LogP contribution in [0.15, 0.2) is 24.3 Å². The van der Waals surface area contributed by atoms with Gasteiger partial charge in [0.1, 0.15) is 0 Å². The van der Waals surface area contributed by atoms with Gasteiger partial charge < -0.3 is 15.1 Å². The van der Waals surface area contributed by atoms with E-state index in [-0.39, 0.29) is 0 Å². The number of benzene rings is 1. The highest BCUT2D eigenvalue weighted by Gasteiger charge is 2.21. The van der Waals surface area contributed by atoms with Crippen molar-refractivity contribution in [1.29, 1.82) is 0 Å². The summed E-state index contributed by atoms with van der Waals surface area (Å²) >= 11 is 0. The second kappa shape index (κ2) is 4.74. The van der Waals surface area contributed by atoms with Crippen LogP contribution in [-0.2, 0) is 0 Å². The molecule has 2 rings (SSSR count). The topological polar surface area (TPSA) is 18.5 Å². The lowest BCUT2D eigenvalue weighted by Crippen LogP contribution is -2.45. The standard InChI is InChI=1S/C13H21N3/c1-11-10-14-12-6-4-5-7-13(12)16(11)9-8-15(2)3/h4-7,11,14H,8-10H2,1-3H3. The molecule has 0 bridgehead atoms. The average molecular weight is 219 g/mol. The Hall–Kier alpha value is -1.22. The first kappa shape index (κ1) is 11.3. The van der Waals surface area contributed by atoms with Crippen molar-refractivity contribution in [3.05, 3.63) is 24.3 Å². The van der Waals surface area contributed by atoms with Gasteiger partial charge in [0.25, 0.3) is 0 Å². The fourth-order valence-corrected chi connectivity index (χ4v) is 2.13. The van der Waals surface area contributed by atoms with Gasteiger partial charge in [-0.15, -0.1) is 0 Å². The number of likely N-dealkylation sites (N-methyl/N-ethyl adjacent to an activating group) is 1. The summed E-state index contributed by atoms with van der Waals surface area (Å²) in [6.07, 6.45) is 0. The van der Waals surface area contributed by atoms with E-state index in [1.54, 1.807) is 0 Å². The molecular weight excluding hydrogens is 198 g/mol. The second-order valence-corrected chi connectivity index (χ2v) is 4.74. The van der Waals surface area contributed by atoms with E-state index in [2.05, 4.69) is 60.4 Å². The van der Waals surface area contributed by atoms with Gasteiger partial charge in [0.2, 0.25) is 0 Å². The predicted octanol–water partition coefficient (Wildman–Crippen LogP) is 1.87. The SMILES string of the molecule is CC1CNc2ccccc2N1CCN(C)C. The van der Waals surface area contributed by atoms with Crippen molar-refractivity contribution in [1.82, 2.24) is 4.90 Å². The highest BCUT2D eigenvalue weighted by atomic mass is 15.2. The molecule has 1 unspecified atom stereocenters. The molecule has 88 valence electrons. The van der Waals surface area contributed by atoms with Crippen LogP contribution in [0.25, 0.3) is 0 Å². The molecule has 0 amide bonds. The first-order valence-electron chi connectivity index (χ1n) is 5.93. The molecule has 1 aromatic rings. The van der Waals surface area contributed by atoms with Gasteiger partial charge in [-0.1, -0.05) is 12.1 Å². The molecule has 1 heterocycles. The van der Waals surface area contributed by atoms with Crippen LogP contribution in [-0.4, -0.2) is 44.7 Å². The first-order chi connectivity index (χ1) is 7.68. The van der Waals surface area contributed by atoms with E-state index in [4.69, 9.17) is 0 Å². The van der Waals surface area contributed by atoms with Gasteiger partial charge in [-0.3, -0.25) is 0 Å². The number of para-hydroxylation sites is 2. The Kier molecular flexibility index (Phi) is 3.34. The maximum atomic E-state index is 3.47. The molecule has 0 saturated heterocycles. The van der Waals surface area contributed by atoms with E-state index in [0.717, 1.165) is 19.6 Å². The molecule has 1 aromatic carbocycles. The molecule has 1 atom stereocenters. The minimum absolute atomic E-state index is 0.565. The Labute approximate surface area is 98.0 Å². The Morgan fingerprint density at radius 3 is 2.88 bits per heavy atom. The number of nitrogens with one attached hydrogen (secondary N) is 1. The first-order valence-corrected chi connectivity index (χ1v) is 5.93. The lowest BCUT2D eigenvalue weighted by atomic mass is 10.1. The fraction of sp³-hybridized carbons (Fsp3) is 0.538. The van der Waals surface area contributed by atoms with Crippen molar-refractivity contribution in [2.24, 2.45) is 0 Å².